The van der Waals surface area contributed by atoms with Crippen molar-refractivity contribution in [3.63, 3.8) is 0 Å². The molecule has 1 amide bonds. The first-order valence-electron chi connectivity index (χ1n) is 13.0. The summed E-state index contributed by atoms with van der Waals surface area (Å²) in [6.07, 6.45) is 4.63. The lowest BCUT2D eigenvalue weighted by Crippen LogP contribution is -2.37. The van der Waals surface area contributed by atoms with Crippen LogP contribution >= 0.6 is 23.4 Å². The highest BCUT2D eigenvalue weighted by molar-refractivity contribution is 7.98. The maximum absolute atomic E-state index is 13.0. The van der Waals surface area contributed by atoms with Crippen LogP contribution in [0.4, 0.5) is 4.79 Å². The Morgan fingerprint density at radius 1 is 1.05 bits per heavy atom. The predicted molar refractivity (Wildman–Crippen MR) is 151 cm³/mol. The molecule has 0 saturated heterocycles. The summed E-state index contributed by atoms with van der Waals surface area (Å²) >= 11 is 8.16. The molecular weight excluding hydrogens is 538 g/mol. The molecule has 0 bridgehead atoms. The van der Waals surface area contributed by atoms with Crippen molar-refractivity contribution < 1.29 is 28.9 Å². The van der Waals surface area contributed by atoms with E-state index in [1.807, 2.05) is 0 Å². The van der Waals surface area contributed by atoms with Crippen molar-refractivity contribution in [3.8, 4) is 17.2 Å². The fourth-order valence-electron chi connectivity index (χ4n) is 5.25. The third-order valence-electron chi connectivity index (χ3n) is 7.23. The molecule has 0 spiro atoms. The Balaban J connectivity index is 1.20. The molecule has 9 heteroatoms. The van der Waals surface area contributed by atoms with Gasteiger partial charge in [-0.3, -0.25) is 4.79 Å². The van der Waals surface area contributed by atoms with Crippen molar-refractivity contribution in [2.75, 3.05) is 12.9 Å². The summed E-state index contributed by atoms with van der Waals surface area (Å²) in [6, 6.07) is 19.0. The molecule has 7 nitrogen and oxygen atoms in total. The number of ether oxygens (including phenoxy) is 3. The molecule has 3 unspecified atom stereocenters. The Labute approximate surface area is 236 Å². The van der Waals surface area contributed by atoms with Crippen molar-refractivity contribution in [3.05, 3.63) is 82.4 Å². The van der Waals surface area contributed by atoms with Crippen LogP contribution in [0.3, 0.4) is 0 Å². The number of fused-ring (bicyclic) bond motifs is 1. The molecule has 1 aliphatic heterocycles. The first-order chi connectivity index (χ1) is 18.9. The maximum atomic E-state index is 13.0. The molecule has 5 rings (SSSR count). The van der Waals surface area contributed by atoms with Gasteiger partial charge in [0, 0.05) is 34.6 Å². The molecule has 1 fully saturated rings. The summed E-state index contributed by atoms with van der Waals surface area (Å²) in [5.41, 5.74) is 2.46. The third-order valence-corrected chi connectivity index (χ3v) is 8.27. The van der Waals surface area contributed by atoms with Gasteiger partial charge in [-0.25, -0.2) is 4.79 Å². The topological polar surface area (TPSA) is 94.1 Å². The maximum Gasteiger partial charge on any atom is 0.506 e. The van der Waals surface area contributed by atoms with Crippen molar-refractivity contribution in [2.24, 2.45) is 0 Å². The fraction of sp³-hybridized carbons (Fsp3) is 0.333. The number of carbonyl (C=O) groups excluding carboxylic acids is 1. The lowest BCUT2D eigenvalue weighted by Gasteiger charge is -2.30. The summed E-state index contributed by atoms with van der Waals surface area (Å²) in [5, 5.41) is 12.5. The van der Waals surface area contributed by atoms with Crippen molar-refractivity contribution in [1.29, 1.82) is 0 Å². The normalized spacial score (nSPS) is 20.3. The van der Waals surface area contributed by atoms with Crippen LogP contribution in [0.25, 0.3) is 0 Å². The van der Waals surface area contributed by atoms with Crippen LogP contribution in [-0.4, -0.2) is 36.1 Å². The van der Waals surface area contributed by atoms with Gasteiger partial charge < -0.3 is 24.6 Å². The minimum Gasteiger partial charge on any atom is -0.493 e. The summed E-state index contributed by atoms with van der Waals surface area (Å²) in [4.78, 5) is 25.2. The first-order valence-corrected chi connectivity index (χ1v) is 14.6. The van der Waals surface area contributed by atoms with Gasteiger partial charge in [-0.05, 0) is 79.5 Å². The van der Waals surface area contributed by atoms with Gasteiger partial charge in [0.05, 0.1) is 11.6 Å². The SMILES string of the molecule is CSc1ccc(C2CCCC(NC(=O)c3ccc(Oc4cc5c(cc4Cl)C(OC(=O)O)CCO5)cc3)C2)cc1. The number of thioether (sulfide) groups is 1. The average Bonchev–Trinajstić information content (AvgIpc) is 2.94. The highest BCUT2D eigenvalue weighted by atomic mass is 35.5. The van der Waals surface area contributed by atoms with Crippen molar-refractivity contribution in [1.82, 2.24) is 5.32 Å². The second-order valence-electron chi connectivity index (χ2n) is 9.76. The van der Waals surface area contributed by atoms with E-state index >= 15 is 0 Å². The van der Waals surface area contributed by atoms with E-state index in [-0.39, 0.29) is 11.9 Å². The smallest absolute Gasteiger partial charge is 0.493 e. The zero-order valence-electron chi connectivity index (χ0n) is 21.5. The Hall–Kier alpha value is -3.36. The quantitative estimate of drug-likeness (QED) is 0.222. The van der Waals surface area contributed by atoms with E-state index in [0.717, 1.165) is 25.7 Å². The van der Waals surface area contributed by atoms with Gasteiger partial charge in [-0.15, -0.1) is 11.8 Å². The standard InChI is InChI=1S/C30H30ClNO6S/c1-39-23-11-7-18(8-12-23)20-3-2-4-21(15-20)32-29(33)19-5-9-22(10-6-19)37-28-17-27-24(16-25(28)31)26(13-14-36-27)38-30(34)35/h5-12,16-17,20-21,26H,2-4,13-15H2,1H3,(H,32,33)(H,34,35). The van der Waals surface area contributed by atoms with E-state index in [0.29, 0.717) is 52.3 Å². The van der Waals surface area contributed by atoms with Gasteiger partial charge in [-0.1, -0.05) is 30.2 Å². The molecule has 1 heterocycles. The molecule has 39 heavy (non-hydrogen) atoms. The summed E-state index contributed by atoms with van der Waals surface area (Å²) < 4.78 is 16.6. The number of nitrogens with one attached hydrogen (secondary N) is 1. The van der Waals surface area contributed by atoms with E-state index in [4.69, 9.17) is 30.9 Å². The molecule has 0 aromatic heterocycles. The predicted octanol–water partition coefficient (Wildman–Crippen LogP) is 7.83. The molecule has 204 valence electrons. The summed E-state index contributed by atoms with van der Waals surface area (Å²) in [7, 11) is 0. The monoisotopic (exact) mass is 567 g/mol. The minimum atomic E-state index is -1.35. The number of benzene rings is 3. The number of hydrogen-bond acceptors (Lipinski definition) is 6. The molecule has 3 aromatic carbocycles. The number of carboxylic acid groups (broad SMARTS) is 1. The van der Waals surface area contributed by atoms with Crippen LogP contribution in [0.5, 0.6) is 17.2 Å². The van der Waals surface area contributed by atoms with Crippen LogP contribution < -0.4 is 14.8 Å². The van der Waals surface area contributed by atoms with Crippen LogP contribution in [0.1, 0.15) is 65.6 Å². The second-order valence-corrected chi connectivity index (χ2v) is 11.1. The van der Waals surface area contributed by atoms with Crippen molar-refractivity contribution >= 4 is 35.4 Å². The number of rotatable bonds is 7. The van der Waals surface area contributed by atoms with E-state index in [1.165, 1.54) is 10.5 Å². The van der Waals surface area contributed by atoms with Crippen LogP contribution in [0, 0.1) is 0 Å². The van der Waals surface area contributed by atoms with Crippen LogP contribution in [0.2, 0.25) is 5.02 Å². The number of halogens is 1. The van der Waals surface area contributed by atoms with E-state index in [9.17, 15) is 9.59 Å². The number of hydrogen-bond donors (Lipinski definition) is 2. The third kappa shape index (κ3) is 6.62. The largest absolute Gasteiger partial charge is 0.506 e. The average molecular weight is 568 g/mol. The molecule has 2 N–H and O–H groups in total. The minimum absolute atomic E-state index is 0.102. The van der Waals surface area contributed by atoms with E-state index in [1.54, 1.807) is 48.2 Å². The Bertz CT molecular complexity index is 1330. The van der Waals surface area contributed by atoms with Crippen LogP contribution in [-0.2, 0) is 4.74 Å². The zero-order valence-corrected chi connectivity index (χ0v) is 23.1. The molecule has 2 aliphatic rings. The highest BCUT2D eigenvalue weighted by Crippen LogP contribution is 2.42. The molecular formula is C30H30ClNO6S. The van der Waals surface area contributed by atoms with Crippen LogP contribution in [0.15, 0.2) is 65.6 Å². The second kappa shape index (κ2) is 12.2. The molecule has 0 radical (unpaired) electrons. The lowest BCUT2D eigenvalue weighted by atomic mass is 9.81. The van der Waals surface area contributed by atoms with Gasteiger partial charge >= 0.3 is 6.16 Å². The number of carbonyl (C=O) groups is 2. The van der Waals surface area contributed by atoms with Gasteiger partial charge in [0.1, 0.15) is 23.4 Å². The van der Waals surface area contributed by atoms with E-state index in [2.05, 4.69) is 35.8 Å². The Kier molecular flexibility index (Phi) is 8.53. The Morgan fingerprint density at radius 2 is 1.82 bits per heavy atom. The summed E-state index contributed by atoms with van der Waals surface area (Å²) in [6.45, 7) is 0.321. The highest BCUT2D eigenvalue weighted by Gasteiger charge is 2.27. The van der Waals surface area contributed by atoms with Gasteiger partial charge in [-0.2, -0.15) is 0 Å². The fourth-order valence-corrected chi connectivity index (χ4v) is 5.87. The van der Waals surface area contributed by atoms with Gasteiger partial charge in [0.15, 0.2) is 0 Å². The first kappa shape index (κ1) is 27.2. The summed E-state index contributed by atoms with van der Waals surface area (Å²) in [5.74, 6) is 1.69. The molecule has 3 aromatic rings. The molecule has 1 aliphatic carbocycles. The van der Waals surface area contributed by atoms with Crippen molar-refractivity contribution in [2.45, 2.75) is 55.1 Å². The van der Waals surface area contributed by atoms with Gasteiger partial charge in [0.2, 0.25) is 0 Å². The molecule has 3 atom stereocenters. The number of amides is 1. The zero-order chi connectivity index (χ0) is 27.4. The van der Waals surface area contributed by atoms with E-state index < -0.39 is 12.3 Å². The Morgan fingerprint density at radius 3 is 2.54 bits per heavy atom. The lowest BCUT2D eigenvalue weighted by molar-refractivity contribution is 0.0326. The molecule has 1 saturated carbocycles. The van der Waals surface area contributed by atoms with Gasteiger partial charge in [0.25, 0.3) is 5.91 Å².